The number of carbonyl (C=O) groups excluding carboxylic acids is 3. The Morgan fingerprint density at radius 2 is 1.79 bits per heavy atom. The number of hydrogen-bond acceptors (Lipinski definition) is 5. The Bertz CT molecular complexity index is 1370. The number of likely N-dealkylation sites (tertiary alicyclic amines) is 1. The second kappa shape index (κ2) is 12.5. The molecule has 1 aliphatic rings. The maximum absolute atomic E-state index is 13.3. The largest absolute Gasteiger partial charge is 0.460 e. The normalized spacial score (nSPS) is 15.5. The van der Waals surface area contributed by atoms with E-state index in [1.54, 1.807) is 31.7 Å². The molecule has 2 heterocycles. The van der Waals surface area contributed by atoms with Gasteiger partial charge in [-0.2, -0.15) is 0 Å². The molecule has 6 nitrogen and oxygen atoms in total. The average molecular weight is 588 g/mol. The molecule has 2 amide bonds. The van der Waals surface area contributed by atoms with E-state index in [4.69, 9.17) is 27.9 Å². The third kappa shape index (κ3) is 7.62. The van der Waals surface area contributed by atoms with Crippen LogP contribution in [0.1, 0.15) is 57.1 Å². The van der Waals surface area contributed by atoms with Crippen molar-refractivity contribution in [3.63, 3.8) is 0 Å². The summed E-state index contributed by atoms with van der Waals surface area (Å²) < 4.78 is 6.40. The fourth-order valence-electron chi connectivity index (χ4n) is 4.60. The number of amides is 2. The second-order valence-electron chi connectivity index (χ2n) is 10.6. The highest BCUT2D eigenvalue weighted by atomic mass is 35.5. The van der Waals surface area contributed by atoms with Crippen molar-refractivity contribution in [1.82, 2.24) is 10.2 Å². The molecule has 0 radical (unpaired) electrons. The highest BCUT2D eigenvalue weighted by Crippen LogP contribution is 2.37. The van der Waals surface area contributed by atoms with Gasteiger partial charge in [-0.3, -0.25) is 14.4 Å². The van der Waals surface area contributed by atoms with Gasteiger partial charge in [-0.25, -0.2) is 0 Å². The first kappa shape index (κ1) is 29.1. The SMILES string of the molecule is CC(C)(C)OC(=O)CC(C(=O)NC1CCN(C(=O)/C=C/c2cc3ccsc3c(Cl)c2Cl)CC1)c1ccccc1. The maximum Gasteiger partial charge on any atom is 0.307 e. The van der Waals surface area contributed by atoms with Gasteiger partial charge < -0.3 is 15.0 Å². The zero-order valence-electron chi connectivity index (χ0n) is 22.2. The van der Waals surface area contributed by atoms with Crippen LogP contribution in [0, 0.1) is 0 Å². The molecule has 1 aliphatic heterocycles. The van der Waals surface area contributed by atoms with Crippen molar-refractivity contribution in [2.24, 2.45) is 0 Å². The molecule has 1 saturated heterocycles. The van der Waals surface area contributed by atoms with Gasteiger partial charge in [-0.15, -0.1) is 11.3 Å². The second-order valence-corrected chi connectivity index (χ2v) is 12.3. The van der Waals surface area contributed by atoms with E-state index in [9.17, 15) is 14.4 Å². The molecule has 206 valence electrons. The summed E-state index contributed by atoms with van der Waals surface area (Å²) >= 11 is 14.4. The van der Waals surface area contributed by atoms with Crippen molar-refractivity contribution in [3.05, 3.63) is 75.1 Å². The minimum atomic E-state index is -0.652. The van der Waals surface area contributed by atoms with E-state index in [2.05, 4.69) is 5.32 Å². The number of nitrogens with zero attached hydrogens (tertiary/aromatic N) is 1. The van der Waals surface area contributed by atoms with Crippen LogP contribution in [0.5, 0.6) is 0 Å². The minimum Gasteiger partial charge on any atom is -0.460 e. The quantitative estimate of drug-likeness (QED) is 0.243. The van der Waals surface area contributed by atoms with Gasteiger partial charge in [0.15, 0.2) is 0 Å². The molecule has 1 aromatic heterocycles. The van der Waals surface area contributed by atoms with E-state index in [1.807, 2.05) is 47.8 Å². The Morgan fingerprint density at radius 1 is 1.10 bits per heavy atom. The van der Waals surface area contributed by atoms with Crippen molar-refractivity contribution in [1.29, 1.82) is 0 Å². The van der Waals surface area contributed by atoms with Crippen molar-refractivity contribution in [3.8, 4) is 0 Å². The molecular weight excluding hydrogens is 555 g/mol. The molecular formula is C30H32Cl2N2O4S. The summed E-state index contributed by atoms with van der Waals surface area (Å²) in [5, 5.41) is 6.96. The Morgan fingerprint density at radius 3 is 2.46 bits per heavy atom. The predicted molar refractivity (Wildman–Crippen MR) is 158 cm³/mol. The Kier molecular flexibility index (Phi) is 9.36. The summed E-state index contributed by atoms with van der Waals surface area (Å²) in [7, 11) is 0. The van der Waals surface area contributed by atoms with Crippen molar-refractivity contribution in [2.45, 2.75) is 57.6 Å². The lowest BCUT2D eigenvalue weighted by molar-refractivity contribution is -0.156. The van der Waals surface area contributed by atoms with Crippen molar-refractivity contribution >= 4 is 68.5 Å². The fraction of sp³-hybridized carbons (Fsp3) is 0.367. The number of halogens is 2. The zero-order valence-corrected chi connectivity index (χ0v) is 24.5. The van der Waals surface area contributed by atoms with Gasteiger partial charge >= 0.3 is 5.97 Å². The number of hydrogen-bond donors (Lipinski definition) is 1. The number of carbonyl (C=O) groups is 3. The first-order valence-electron chi connectivity index (χ1n) is 12.9. The lowest BCUT2D eigenvalue weighted by Crippen LogP contribution is -2.47. The monoisotopic (exact) mass is 586 g/mol. The molecule has 39 heavy (non-hydrogen) atoms. The topological polar surface area (TPSA) is 75.7 Å². The molecule has 0 bridgehead atoms. The molecule has 4 rings (SSSR count). The Balaban J connectivity index is 1.35. The summed E-state index contributed by atoms with van der Waals surface area (Å²) in [5.74, 6) is -1.41. The van der Waals surface area contributed by atoms with E-state index in [-0.39, 0.29) is 24.3 Å². The van der Waals surface area contributed by atoms with Crippen LogP contribution in [0.3, 0.4) is 0 Å². The molecule has 9 heteroatoms. The van der Waals surface area contributed by atoms with Gasteiger partial charge in [0.1, 0.15) is 5.60 Å². The molecule has 1 fully saturated rings. The van der Waals surface area contributed by atoms with Crippen LogP contribution < -0.4 is 5.32 Å². The summed E-state index contributed by atoms with van der Waals surface area (Å²) in [6.45, 7) is 6.43. The minimum absolute atomic E-state index is 0.0427. The van der Waals surface area contributed by atoms with Crippen LogP contribution >= 0.6 is 34.5 Å². The maximum atomic E-state index is 13.3. The molecule has 0 saturated carbocycles. The molecule has 2 aromatic carbocycles. The fourth-order valence-corrected chi connectivity index (χ4v) is 6.04. The van der Waals surface area contributed by atoms with Gasteiger partial charge in [0.25, 0.3) is 0 Å². The van der Waals surface area contributed by atoms with Crippen LogP contribution in [0.4, 0.5) is 0 Å². The lowest BCUT2D eigenvalue weighted by Gasteiger charge is -2.32. The summed E-state index contributed by atoms with van der Waals surface area (Å²) in [4.78, 5) is 40.5. The third-order valence-electron chi connectivity index (χ3n) is 6.52. The number of esters is 1. The van der Waals surface area contributed by atoms with Crippen LogP contribution in [0.15, 0.2) is 53.9 Å². The van der Waals surface area contributed by atoms with Crippen LogP contribution in [0.25, 0.3) is 16.2 Å². The average Bonchev–Trinajstić information content (AvgIpc) is 3.37. The number of fused-ring (bicyclic) bond motifs is 1. The molecule has 1 unspecified atom stereocenters. The van der Waals surface area contributed by atoms with Crippen LogP contribution in [-0.4, -0.2) is 47.4 Å². The lowest BCUT2D eigenvalue weighted by atomic mass is 9.93. The highest BCUT2D eigenvalue weighted by Gasteiger charge is 2.30. The summed E-state index contributed by atoms with van der Waals surface area (Å²) in [5.41, 5.74) is 0.828. The van der Waals surface area contributed by atoms with E-state index >= 15 is 0 Å². The van der Waals surface area contributed by atoms with E-state index in [1.165, 1.54) is 17.4 Å². The van der Waals surface area contributed by atoms with Crippen LogP contribution in [0.2, 0.25) is 10.0 Å². The molecule has 3 aromatic rings. The van der Waals surface area contributed by atoms with Gasteiger partial charge in [0.2, 0.25) is 11.8 Å². The van der Waals surface area contributed by atoms with E-state index in [0.717, 1.165) is 15.6 Å². The Hall–Kier alpha value is -2.87. The standard InChI is InChI=1S/C30H32Cl2N2O4S/c1-30(2,3)38-25(36)18-23(19-7-5-4-6-8-19)29(37)33-22-11-14-34(15-12-22)24(35)10-9-20-17-21-13-16-39-28(21)27(32)26(20)31/h4-10,13,16-17,22-23H,11-12,14-15,18H2,1-3H3,(H,33,37)/b10-9+. The number of benzene rings is 2. The van der Waals surface area contributed by atoms with Crippen molar-refractivity contribution < 1.29 is 19.1 Å². The van der Waals surface area contributed by atoms with Gasteiger partial charge in [-0.05, 0) is 73.7 Å². The molecule has 0 spiro atoms. The van der Waals surface area contributed by atoms with Gasteiger partial charge in [0.05, 0.1) is 27.1 Å². The first-order valence-corrected chi connectivity index (χ1v) is 14.5. The highest BCUT2D eigenvalue weighted by molar-refractivity contribution is 7.18. The zero-order chi connectivity index (χ0) is 28.2. The first-order chi connectivity index (χ1) is 18.5. The molecule has 0 aliphatic carbocycles. The summed E-state index contributed by atoms with van der Waals surface area (Å²) in [6, 6.07) is 13.1. The van der Waals surface area contributed by atoms with Crippen molar-refractivity contribution in [2.75, 3.05) is 13.1 Å². The predicted octanol–water partition coefficient (Wildman–Crippen LogP) is 6.84. The van der Waals surface area contributed by atoms with Gasteiger partial charge in [0, 0.05) is 25.2 Å². The number of rotatable bonds is 7. The molecule has 1 N–H and O–H groups in total. The number of thiophene rings is 1. The van der Waals surface area contributed by atoms with E-state index < -0.39 is 17.5 Å². The number of piperidine rings is 1. The van der Waals surface area contributed by atoms with Crippen LogP contribution in [-0.2, 0) is 19.1 Å². The van der Waals surface area contributed by atoms with Gasteiger partial charge in [-0.1, -0.05) is 53.5 Å². The summed E-state index contributed by atoms with van der Waals surface area (Å²) in [6.07, 6.45) is 4.40. The molecule has 1 atom stereocenters. The number of ether oxygens (including phenoxy) is 1. The van der Waals surface area contributed by atoms with E-state index in [0.29, 0.717) is 41.5 Å². The Labute approximate surface area is 242 Å². The smallest absolute Gasteiger partial charge is 0.307 e. The number of nitrogens with one attached hydrogen (secondary N) is 1. The third-order valence-corrected chi connectivity index (χ3v) is 8.46.